The number of halogens is 3. The van der Waals surface area contributed by atoms with Crippen molar-refractivity contribution in [1.29, 1.82) is 0 Å². The molecule has 22 heavy (non-hydrogen) atoms. The molecule has 2 aromatic carbocycles. The molecular formula is C16H10ClF2NO2. The second-order valence-electron chi connectivity index (χ2n) is 4.87. The van der Waals surface area contributed by atoms with Gasteiger partial charge in [0, 0.05) is 22.5 Å². The summed E-state index contributed by atoms with van der Waals surface area (Å²) in [6.07, 6.45) is 0. The molecule has 0 radical (unpaired) electrons. The summed E-state index contributed by atoms with van der Waals surface area (Å²) >= 11 is 5.91. The zero-order valence-corrected chi connectivity index (χ0v) is 11.9. The van der Waals surface area contributed by atoms with Crippen LogP contribution in [-0.2, 0) is 6.54 Å². The number of carboxylic acid groups (broad SMARTS) is 1. The number of carboxylic acids is 1. The van der Waals surface area contributed by atoms with E-state index in [1.54, 1.807) is 18.2 Å². The van der Waals surface area contributed by atoms with E-state index in [1.807, 2.05) is 0 Å². The predicted molar refractivity (Wildman–Crippen MR) is 79.4 cm³/mol. The van der Waals surface area contributed by atoms with Crippen molar-refractivity contribution in [3.63, 3.8) is 0 Å². The highest BCUT2D eigenvalue weighted by Crippen LogP contribution is 2.25. The van der Waals surface area contributed by atoms with Crippen LogP contribution in [-0.4, -0.2) is 15.6 Å². The Bertz CT molecular complexity index is 889. The molecule has 0 atom stereocenters. The molecule has 3 nitrogen and oxygen atoms in total. The molecular weight excluding hydrogens is 312 g/mol. The second kappa shape index (κ2) is 5.42. The minimum absolute atomic E-state index is 0.0574. The van der Waals surface area contributed by atoms with E-state index in [0.717, 1.165) is 12.1 Å². The van der Waals surface area contributed by atoms with Gasteiger partial charge in [0.15, 0.2) is 11.6 Å². The first-order chi connectivity index (χ1) is 10.5. The Kier molecular flexibility index (Phi) is 3.58. The normalized spacial score (nSPS) is 11.0. The first-order valence-electron chi connectivity index (χ1n) is 6.42. The molecule has 1 N–H and O–H groups in total. The smallest absolute Gasteiger partial charge is 0.352 e. The Morgan fingerprint density at radius 3 is 2.55 bits per heavy atom. The van der Waals surface area contributed by atoms with Gasteiger partial charge in [-0.05, 0) is 42.0 Å². The zero-order valence-electron chi connectivity index (χ0n) is 11.2. The van der Waals surface area contributed by atoms with Crippen molar-refractivity contribution in [2.75, 3.05) is 0 Å². The fourth-order valence-electron chi connectivity index (χ4n) is 2.41. The lowest BCUT2D eigenvalue weighted by molar-refractivity contribution is 0.0686. The van der Waals surface area contributed by atoms with Crippen LogP contribution in [0.3, 0.4) is 0 Å². The molecule has 1 aromatic heterocycles. The first-order valence-corrected chi connectivity index (χ1v) is 6.79. The molecule has 0 bridgehead atoms. The van der Waals surface area contributed by atoms with Gasteiger partial charge in [0.25, 0.3) is 0 Å². The van der Waals surface area contributed by atoms with Gasteiger partial charge in [-0.1, -0.05) is 17.7 Å². The third kappa shape index (κ3) is 2.55. The van der Waals surface area contributed by atoms with Gasteiger partial charge in [0.1, 0.15) is 5.69 Å². The van der Waals surface area contributed by atoms with E-state index in [0.29, 0.717) is 21.5 Å². The van der Waals surface area contributed by atoms with Crippen molar-refractivity contribution >= 4 is 28.5 Å². The lowest BCUT2D eigenvalue weighted by Crippen LogP contribution is -2.09. The van der Waals surface area contributed by atoms with Crippen LogP contribution in [0.15, 0.2) is 42.5 Å². The summed E-state index contributed by atoms with van der Waals surface area (Å²) in [4.78, 5) is 11.4. The molecule has 0 fully saturated rings. The first kappa shape index (κ1) is 14.5. The van der Waals surface area contributed by atoms with Crippen LogP contribution >= 0.6 is 11.6 Å². The van der Waals surface area contributed by atoms with Crippen molar-refractivity contribution in [2.24, 2.45) is 0 Å². The summed E-state index contributed by atoms with van der Waals surface area (Å²) in [5, 5.41) is 10.5. The highest BCUT2D eigenvalue weighted by atomic mass is 35.5. The predicted octanol–water partition coefficient (Wildman–Crippen LogP) is 4.32. The van der Waals surface area contributed by atoms with Gasteiger partial charge in [0.2, 0.25) is 0 Å². The number of nitrogens with zero attached hydrogens (tertiary/aromatic N) is 1. The Balaban J connectivity index is 2.13. The van der Waals surface area contributed by atoms with Gasteiger partial charge in [0.05, 0.1) is 0 Å². The Morgan fingerprint density at radius 1 is 1.09 bits per heavy atom. The van der Waals surface area contributed by atoms with Crippen molar-refractivity contribution in [3.8, 4) is 0 Å². The fourth-order valence-corrected chi connectivity index (χ4v) is 2.59. The van der Waals surface area contributed by atoms with Crippen LogP contribution in [0.4, 0.5) is 8.78 Å². The largest absolute Gasteiger partial charge is 0.477 e. The van der Waals surface area contributed by atoms with Crippen molar-refractivity contribution in [1.82, 2.24) is 4.57 Å². The van der Waals surface area contributed by atoms with Gasteiger partial charge in [-0.2, -0.15) is 0 Å². The Labute approximate surface area is 129 Å². The summed E-state index contributed by atoms with van der Waals surface area (Å²) < 4.78 is 27.8. The number of fused-ring (bicyclic) bond motifs is 1. The molecule has 0 aliphatic rings. The van der Waals surface area contributed by atoms with Gasteiger partial charge in [-0.15, -0.1) is 0 Å². The minimum Gasteiger partial charge on any atom is -0.477 e. The molecule has 0 amide bonds. The maximum absolute atomic E-state index is 13.3. The highest BCUT2D eigenvalue weighted by Gasteiger charge is 2.15. The summed E-state index contributed by atoms with van der Waals surface area (Å²) in [7, 11) is 0. The quantitative estimate of drug-likeness (QED) is 0.780. The molecule has 0 saturated carbocycles. The highest BCUT2D eigenvalue weighted by molar-refractivity contribution is 6.31. The number of aromatic nitrogens is 1. The van der Waals surface area contributed by atoms with E-state index < -0.39 is 17.6 Å². The fraction of sp³-hybridized carbons (Fsp3) is 0.0625. The monoisotopic (exact) mass is 321 g/mol. The van der Waals surface area contributed by atoms with Gasteiger partial charge in [-0.3, -0.25) is 0 Å². The van der Waals surface area contributed by atoms with Crippen LogP contribution in [0.1, 0.15) is 16.1 Å². The average molecular weight is 322 g/mol. The van der Waals surface area contributed by atoms with Crippen LogP contribution in [0.25, 0.3) is 10.9 Å². The number of hydrogen-bond acceptors (Lipinski definition) is 1. The molecule has 0 saturated heterocycles. The number of hydrogen-bond donors (Lipinski definition) is 1. The standard InChI is InChI=1S/C16H10ClF2NO2/c17-11-2-4-14-10(6-11)7-15(16(21)22)20(14)8-9-1-3-12(18)13(19)5-9/h1-7H,8H2,(H,21,22). The van der Waals surface area contributed by atoms with E-state index in [4.69, 9.17) is 11.6 Å². The molecule has 3 aromatic rings. The third-order valence-electron chi connectivity index (χ3n) is 3.41. The molecule has 6 heteroatoms. The lowest BCUT2D eigenvalue weighted by atomic mass is 10.2. The van der Waals surface area contributed by atoms with Gasteiger partial charge in [-0.25, -0.2) is 13.6 Å². The number of aromatic carboxylic acids is 1. The number of benzene rings is 2. The number of carbonyl (C=O) groups is 1. The van der Waals surface area contributed by atoms with Crippen LogP contribution in [0.2, 0.25) is 5.02 Å². The van der Waals surface area contributed by atoms with Gasteiger partial charge >= 0.3 is 5.97 Å². The molecule has 0 unspecified atom stereocenters. The summed E-state index contributed by atoms with van der Waals surface area (Å²) in [5.41, 5.74) is 1.18. The average Bonchev–Trinajstić information content (AvgIpc) is 2.81. The molecule has 0 aliphatic carbocycles. The summed E-state index contributed by atoms with van der Waals surface area (Å²) in [5.74, 6) is -3.00. The van der Waals surface area contributed by atoms with Gasteiger partial charge < -0.3 is 9.67 Å². The van der Waals surface area contributed by atoms with Crippen molar-refractivity contribution < 1.29 is 18.7 Å². The van der Waals surface area contributed by atoms with E-state index >= 15 is 0 Å². The second-order valence-corrected chi connectivity index (χ2v) is 5.31. The topological polar surface area (TPSA) is 42.2 Å². The maximum atomic E-state index is 13.3. The Hall–Kier alpha value is -2.40. The maximum Gasteiger partial charge on any atom is 0.352 e. The van der Waals surface area contributed by atoms with E-state index in [1.165, 1.54) is 16.7 Å². The summed E-state index contributed by atoms with van der Waals surface area (Å²) in [6, 6.07) is 10.0. The van der Waals surface area contributed by atoms with Crippen LogP contribution in [0.5, 0.6) is 0 Å². The van der Waals surface area contributed by atoms with Crippen LogP contribution in [0, 0.1) is 11.6 Å². The molecule has 3 rings (SSSR count). The Morgan fingerprint density at radius 2 is 1.86 bits per heavy atom. The molecule has 1 heterocycles. The summed E-state index contributed by atoms with van der Waals surface area (Å²) in [6.45, 7) is 0.115. The van der Waals surface area contributed by atoms with E-state index in [-0.39, 0.29) is 12.2 Å². The molecule has 0 spiro atoms. The van der Waals surface area contributed by atoms with Crippen LogP contribution < -0.4 is 0 Å². The number of rotatable bonds is 3. The van der Waals surface area contributed by atoms with E-state index in [2.05, 4.69) is 0 Å². The molecule has 112 valence electrons. The SMILES string of the molecule is O=C(O)c1cc2cc(Cl)ccc2n1Cc1ccc(F)c(F)c1. The lowest BCUT2D eigenvalue weighted by Gasteiger charge is -2.09. The van der Waals surface area contributed by atoms with Crippen molar-refractivity contribution in [3.05, 3.63) is 70.4 Å². The third-order valence-corrected chi connectivity index (χ3v) is 3.64. The van der Waals surface area contributed by atoms with Crippen molar-refractivity contribution in [2.45, 2.75) is 6.54 Å². The minimum atomic E-state index is -1.10. The zero-order chi connectivity index (χ0) is 15.9. The van der Waals surface area contributed by atoms with E-state index in [9.17, 15) is 18.7 Å². The molecule has 0 aliphatic heterocycles.